The van der Waals surface area contributed by atoms with Crippen molar-refractivity contribution in [3.05, 3.63) is 28.2 Å². The normalized spacial score (nSPS) is 23.8. The third-order valence-corrected chi connectivity index (χ3v) is 5.61. The Morgan fingerprint density at radius 2 is 2.22 bits per heavy atom. The van der Waals surface area contributed by atoms with E-state index in [1.54, 1.807) is 7.11 Å². The fraction of sp³-hybridized carbons (Fsp3) is 0.500. The van der Waals surface area contributed by atoms with Crippen molar-refractivity contribution in [2.75, 3.05) is 18.6 Å². The van der Waals surface area contributed by atoms with Gasteiger partial charge in [-0.1, -0.05) is 15.9 Å². The van der Waals surface area contributed by atoms with Crippen LogP contribution in [0.15, 0.2) is 22.7 Å². The summed E-state index contributed by atoms with van der Waals surface area (Å²) in [6.07, 6.45) is 0.624. The highest BCUT2D eigenvalue weighted by molar-refractivity contribution is 9.10. The highest BCUT2D eigenvalue weighted by Gasteiger charge is 2.33. The topological polar surface area (TPSA) is 69.4 Å². The first-order valence-corrected chi connectivity index (χ1v) is 8.34. The van der Waals surface area contributed by atoms with Crippen LogP contribution >= 0.6 is 15.9 Å². The molecular weight excluding hydrogens is 318 g/mol. The minimum Gasteiger partial charge on any atom is -0.496 e. The zero-order valence-electron chi connectivity index (χ0n) is 10.1. The van der Waals surface area contributed by atoms with Crippen LogP contribution in [0.4, 0.5) is 0 Å². The number of halogens is 1. The van der Waals surface area contributed by atoms with E-state index in [-0.39, 0.29) is 23.5 Å². The van der Waals surface area contributed by atoms with Gasteiger partial charge in [0.2, 0.25) is 0 Å². The van der Waals surface area contributed by atoms with Crippen molar-refractivity contribution in [3.63, 3.8) is 0 Å². The minimum atomic E-state index is -2.91. The molecule has 0 aliphatic carbocycles. The number of ether oxygens (including phenoxy) is 1. The Labute approximate surface area is 116 Å². The molecule has 4 nitrogen and oxygen atoms in total. The molecule has 1 saturated heterocycles. The third kappa shape index (κ3) is 2.87. The van der Waals surface area contributed by atoms with Crippen LogP contribution in [0.3, 0.4) is 0 Å². The van der Waals surface area contributed by atoms with Crippen LogP contribution in [0.5, 0.6) is 5.75 Å². The molecule has 2 N–H and O–H groups in total. The molecular formula is C12H16BrNO3S. The largest absolute Gasteiger partial charge is 0.496 e. The predicted octanol–water partition coefficient (Wildman–Crippen LogP) is 1.89. The molecule has 100 valence electrons. The summed E-state index contributed by atoms with van der Waals surface area (Å²) in [5.74, 6) is 1.08. The van der Waals surface area contributed by atoms with Crippen LogP contribution in [-0.2, 0) is 9.84 Å². The van der Waals surface area contributed by atoms with Crippen LogP contribution in [0.25, 0.3) is 0 Å². The molecule has 1 aliphatic heterocycles. The van der Waals surface area contributed by atoms with Crippen LogP contribution in [0.2, 0.25) is 0 Å². The maximum Gasteiger partial charge on any atom is 0.150 e. The Morgan fingerprint density at radius 3 is 2.78 bits per heavy atom. The van der Waals surface area contributed by atoms with Gasteiger partial charge in [-0.2, -0.15) is 0 Å². The molecule has 0 amide bonds. The van der Waals surface area contributed by atoms with Crippen molar-refractivity contribution < 1.29 is 13.2 Å². The molecule has 6 heteroatoms. The first kappa shape index (κ1) is 13.8. The number of methoxy groups -OCH3 is 1. The summed E-state index contributed by atoms with van der Waals surface area (Å²) >= 11 is 3.40. The van der Waals surface area contributed by atoms with Crippen molar-refractivity contribution in [1.29, 1.82) is 0 Å². The molecule has 2 unspecified atom stereocenters. The van der Waals surface area contributed by atoms with Gasteiger partial charge in [0.05, 0.1) is 18.6 Å². The second-order valence-electron chi connectivity index (χ2n) is 4.58. The molecule has 1 aliphatic rings. The lowest BCUT2D eigenvalue weighted by Gasteiger charge is -2.20. The molecule has 1 fully saturated rings. The molecule has 0 saturated carbocycles. The number of sulfone groups is 1. The summed E-state index contributed by atoms with van der Waals surface area (Å²) in [5.41, 5.74) is 7.06. The molecule has 0 spiro atoms. The summed E-state index contributed by atoms with van der Waals surface area (Å²) in [4.78, 5) is 0. The monoisotopic (exact) mass is 333 g/mol. The van der Waals surface area contributed by atoms with Gasteiger partial charge in [-0.25, -0.2) is 8.42 Å². The van der Waals surface area contributed by atoms with Crippen molar-refractivity contribution in [2.45, 2.75) is 12.5 Å². The van der Waals surface area contributed by atoms with Crippen molar-refractivity contribution >= 4 is 25.8 Å². The second kappa shape index (κ2) is 5.19. The summed E-state index contributed by atoms with van der Waals surface area (Å²) < 4.78 is 29.2. The van der Waals surface area contributed by atoms with Gasteiger partial charge in [-0.3, -0.25) is 0 Å². The highest BCUT2D eigenvalue weighted by atomic mass is 79.9. The third-order valence-electron chi connectivity index (χ3n) is 3.33. The van der Waals surface area contributed by atoms with Gasteiger partial charge in [0.15, 0.2) is 9.84 Å². The quantitative estimate of drug-likeness (QED) is 0.917. The smallest absolute Gasteiger partial charge is 0.150 e. The van der Waals surface area contributed by atoms with Gasteiger partial charge in [0.25, 0.3) is 0 Å². The molecule has 2 atom stereocenters. The average Bonchev–Trinajstić information content (AvgIpc) is 2.68. The molecule has 0 aromatic heterocycles. The zero-order chi connectivity index (χ0) is 13.3. The highest BCUT2D eigenvalue weighted by Crippen LogP contribution is 2.35. The molecule has 0 radical (unpaired) electrons. The molecule has 1 aromatic carbocycles. The maximum atomic E-state index is 11.5. The zero-order valence-corrected chi connectivity index (χ0v) is 12.5. The van der Waals surface area contributed by atoms with Gasteiger partial charge in [0, 0.05) is 16.1 Å². The van der Waals surface area contributed by atoms with E-state index >= 15 is 0 Å². The first-order chi connectivity index (χ1) is 8.43. The molecule has 18 heavy (non-hydrogen) atoms. The minimum absolute atomic E-state index is 0.0294. The van der Waals surface area contributed by atoms with E-state index in [4.69, 9.17) is 10.5 Å². The second-order valence-corrected chi connectivity index (χ2v) is 7.72. The Morgan fingerprint density at radius 1 is 1.50 bits per heavy atom. The first-order valence-electron chi connectivity index (χ1n) is 5.72. The van der Waals surface area contributed by atoms with Gasteiger partial charge in [0.1, 0.15) is 5.75 Å². The summed E-state index contributed by atoms with van der Waals surface area (Å²) in [7, 11) is -1.32. The van der Waals surface area contributed by atoms with Crippen LogP contribution < -0.4 is 10.5 Å². The fourth-order valence-electron chi connectivity index (χ4n) is 2.33. The SMILES string of the molecule is COc1ccc(Br)cc1C(N)C1CCS(=O)(=O)C1. The van der Waals surface area contributed by atoms with Gasteiger partial charge in [-0.05, 0) is 30.5 Å². The van der Waals surface area contributed by atoms with Crippen molar-refractivity contribution in [2.24, 2.45) is 11.7 Å². The number of hydrogen-bond acceptors (Lipinski definition) is 4. The number of rotatable bonds is 3. The number of hydrogen-bond donors (Lipinski definition) is 1. The Hall–Kier alpha value is -0.590. The van der Waals surface area contributed by atoms with E-state index in [1.807, 2.05) is 18.2 Å². The summed E-state index contributed by atoms with van der Waals surface area (Å²) in [5, 5.41) is 0. The van der Waals surface area contributed by atoms with Crippen LogP contribution in [0.1, 0.15) is 18.0 Å². The van der Waals surface area contributed by atoms with Crippen molar-refractivity contribution in [1.82, 2.24) is 0 Å². The summed E-state index contributed by atoms with van der Waals surface area (Å²) in [6.45, 7) is 0. The lowest BCUT2D eigenvalue weighted by Crippen LogP contribution is -2.23. The van der Waals surface area contributed by atoms with E-state index in [1.165, 1.54) is 0 Å². The maximum absolute atomic E-state index is 11.5. The Kier molecular flexibility index (Phi) is 3.99. The van der Waals surface area contributed by atoms with E-state index in [0.717, 1.165) is 10.0 Å². The fourth-order valence-corrected chi connectivity index (χ4v) is 4.56. The molecule has 1 aromatic rings. The molecule has 2 rings (SSSR count). The van der Waals surface area contributed by atoms with E-state index in [2.05, 4.69) is 15.9 Å². The number of nitrogens with two attached hydrogens (primary N) is 1. The molecule has 1 heterocycles. The lowest BCUT2D eigenvalue weighted by atomic mass is 9.93. The average molecular weight is 334 g/mol. The standard InChI is InChI=1S/C12H16BrNO3S/c1-17-11-3-2-9(13)6-10(11)12(14)8-4-5-18(15,16)7-8/h2-3,6,8,12H,4-5,7,14H2,1H3. The van der Waals surface area contributed by atoms with Gasteiger partial charge >= 0.3 is 0 Å². The lowest BCUT2D eigenvalue weighted by molar-refractivity contribution is 0.392. The van der Waals surface area contributed by atoms with Crippen molar-refractivity contribution in [3.8, 4) is 5.75 Å². The van der Waals surface area contributed by atoms with E-state index in [9.17, 15) is 8.42 Å². The number of benzene rings is 1. The van der Waals surface area contributed by atoms with Crippen LogP contribution in [-0.4, -0.2) is 27.0 Å². The Bertz CT molecular complexity index is 544. The summed E-state index contributed by atoms with van der Waals surface area (Å²) in [6, 6.07) is 5.30. The van der Waals surface area contributed by atoms with E-state index in [0.29, 0.717) is 12.2 Å². The van der Waals surface area contributed by atoms with Gasteiger partial charge in [-0.15, -0.1) is 0 Å². The van der Waals surface area contributed by atoms with E-state index < -0.39 is 9.84 Å². The Balaban J connectivity index is 2.28. The van der Waals surface area contributed by atoms with Gasteiger partial charge < -0.3 is 10.5 Å². The van der Waals surface area contributed by atoms with Crippen LogP contribution in [0, 0.1) is 5.92 Å². The predicted molar refractivity (Wildman–Crippen MR) is 74.4 cm³/mol. The molecule has 0 bridgehead atoms.